The lowest BCUT2D eigenvalue weighted by Gasteiger charge is -2.20. The molecule has 0 amide bonds. The number of pyridine rings is 1. The van der Waals surface area contributed by atoms with Gasteiger partial charge in [0.25, 0.3) is 7.37 Å². The summed E-state index contributed by atoms with van der Waals surface area (Å²) in [6, 6.07) is 15.7. The number of aliphatic carboxylic acids is 1. The molecule has 1 aromatic heterocycles. The third-order valence-corrected chi connectivity index (χ3v) is 7.65. The van der Waals surface area contributed by atoms with E-state index >= 15 is 0 Å². The number of aliphatic hydroxyl groups excluding tert-OH is 1. The van der Waals surface area contributed by atoms with Crippen LogP contribution in [0.4, 0.5) is 4.39 Å². The zero-order chi connectivity index (χ0) is 26.5. The van der Waals surface area contributed by atoms with Crippen molar-refractivity contribution in [3.05, 3.63) is 77.2 Å². The van der Waals surface area contributed by atoms with Gasteiger partial charge < -0.3 is 14.7 Å². The monoisotopic (exact) mass is 509 g/mol. The minimum atomic E-state index is -3.69. The molecule has 2 atom stereocenters. The lowest BCUT2D eigenvalue weighted by molar-refractivity contribution is -0.138. The van der Waals surface area contributed by atoms with E-state index in [0.717, 1.165) is 27.9 Å². The van der Waals surface area contributed by atoms with Gasteiger partial charge in [-0.05, 0) is 41.8 Å². The number of halogens is 1. The Morgan fingerprint density at radius 2 is 1.75 bits per heavy atom. The number of nitrogens with zero attached hydrogens (tertiary/aromatic N) is 1. The summed E-state index contributed by atoms with van der Waals surface area (Å²) in [6.07, 6.45) is -2.36. The molecule has 0 radical (unpaired) electrons. The molecule has 36 heavy (non-hydrogen) atoms. The summed E-state index contributed by atoms with van der Waals surface area (Å²) < 4.78 is 32.2. The van der Waals surface area contributed by atoms with Crippen LogP contribution in [-0.2, 0) is 13.9 Å². The molecule has 2 N–H and O–H groups in total. The van der Waals surface area contributed by atoms with Crippen LogP contribution in [0.2, 0.25) is 0 Å². The summed E-state index contributed by atoms with van der Waals surface area (Å²) in [5.41, 5.74) is 7.82. The van der Waals surface area contributed by atoms with E-state index in [4.69, 9.17) is 14.6 Å². The Hall–Kier alpha value is -3.30. The molecular weight excluding hydrogens is 480 g/mol. The maximum atomic E-state index is 13.8. The zero-order valence-corrected chi connectivity index (χ0v) is 21.6. The van der Waals surface area contributed by atoms with Crippen LogP contribution >= 0.6 is 7.37 Å². The van der Waals surface area contributed by atoms with Gasteiger partial charge in [-0.15, -0.1) is 0 Å². The Morgan fingerprint density at radius 1 is 1.11 bits per heavy atom. The van der Waals surface area contributed by atoms with Crippen LogP contribution in [0.25, 0.3) is 22.4 Å². The van der Waals surface area contributed by atoms with Gasteiger partial charge in [0.05, 0.1) is 35.6 Å². The molecule has 0 saturated heterocycles. The molecule has 1 unspecified atom stereocenters. The van der Waals surface area contributed by atoms with Gasteiger partial charge in [-0.3, -0.25) is 14.3 Å². The fraction of sp³-hybridized carbons (Fsp3) is 0.286. The molecule has 0 aliphatic rings. The summed E-state index contributed by atoms with van der Waals surface area (Å²) in [6.45, 7) is 5.85. The van der Waals surface area contributed by atoms with E-state index in [1.54, 1.807) is 12.1 Å². The van der Waals surface area contributed by atoms with Crippen molar-refractivity contribution in [2.75, 3.05) is 13.3 Å². The van der Waals surface area contributed by atoms with Gasteiger partial charge in [-0.2, -0.15) is 0 Å². The van der Waals surface area contributed by atoms with Crippen LogP contribution in [0.1, 0.15) is 43.0 Å². The van der Waals surface area contributed by atoms with Crippen molar-refractivity contribution >= 4 is 13.3 Å². The average molecular weight is 510 g/mol. The van der Waals surface area contributed by atoms with Gasteiger partial charge in [0, 0.05) is 18.2 Å². The van der Waals surface area contributed by atoms with Gasteiger partial charge in [-0.1, -0.05) is 62.2 Å². The standard InChI is InChI=1S/C28H29FNO5P/c1-18(2)27-24(14-15-36(34,35-4)17-23(31)16-25(32)33)26(20-10-12-22(29)13-11-20)19(3)28(30-27)21-8-6-5-7-9-21/h5-13,18,23,31H,16-17H2,1-4H3,(H,32,33)/t23-,36?/m0/s1. The second-order valence-corrected chi connectivity index (χ2v) is 11.1. The normalized spacial score (nSPS) is 13.5. The highest BCUT2D eigenvalue weighted by atomic mass is 31.2. The minimum Gasteiger partial charge on any atom is -0.481 e. The smallest absolute Gasteiger partial charge is 0.305 e. The number of hydrogen-bond acceptors (Lipinski definition) is 5. The predicted octanol–water partition coefficient (Wildman–Crippen LogP) is 6.06. The zero-order valence-electron chi connectivity index (χ0n) is 20.7. The highest BCUT2D eigenvalue weighted by Gasteiger charge is 2.26. The first kappa shape index (κ1) is 27.3. The van der Waals surface area contributed by atoms with E-state index in [9.17, 15) is 18.9 Å². The maximum absolute atomic E-state index is 13.8. The van der Waals surface area contributed by atoms with Crippen LogP contribution < -0.4 is 0 Å². The second-order valence-electron chi connectivity index (χ2n) is 8.78. The summed E-state index contributed by atoms with van der Waals surface area (Å²) in [4.78, 5) is 15.9. The van der Waals surface area contributed by atoms with Crippen LogP contribution in [0.5, 0.6) is 0 Å². The van der Waals surface area contributed by atoms with Gasteiger partial charge >= 0.3 is 5.97 Å². The van der Waals surface area contributed by atoms with Gasteiger partial charge in [0.2, 0.25) is 0 Å². The Labute approximate surface area is 210 Å². The van der Waals surface area contributed by atoms with Gasteiger partial charge in [0.15, 0.2) is 0 Å². The largest absolute Gasteiger partial charge is 0.481 e. The molecular formula is C28H29FNO5P. The van der Waals surface area contributed by atoms with Crippen LogP contribution in [0.3, 0.4) is 0 Å². The number of carbonyl (C=O) groups is 1. The number of hydrogen-bond donors (Lipinski definition) is 2. The Kier molecular flexibility index (Phi) is 8.81. The molecule has 188 valence electrons. The van der Waals surface area contributed by atoms with Crippen molar-refractivity contribution in [3.8, 4) is 34.0 Å². The molecule has 0 spiro atoms. The van der Waals surface area contributed by atoms with E-state index in [-0.39, 0.29) is 11.7 Å². The van der Waals surface area contributed by atoms with E-state index in [1.807, 2.05) is 51.1 Å². The molecule has 6 nitrogen and oxygen atoms in total. The Balaban J connectivity index is 2.28. The molecule has 0 aliphatic heterocycles. The van der Waals surface area contributed by atoms with Crippen LogP contribution in [-0.4, -0.2) is 40.5 Å². The number of benzene rings is 2. The summed E-state index contributed by atoms with van der Waals surface area (Å²) in [5.74, 6) is 1.35. The highest BCUT2D eigenvalue weighted by Crippen LogP contribution is 2.46. The molecule has 3 rings (SSSR count). The molecule has 3 aromatic rings. The SMILES string of the molecule is COP(=O)(C#Cc1c(C(C)C)nc(-c2ccccc2)c(C)c1-c1ccc(F)cc1)C[C@@H](O)CC(=O)O. The van der Waals surface area contributed by atoms with Crippen molar-refractivity contribution in [1.29, 1.82) is 0 Å². The van der Waals surface area contributed by atoms with Crippen molar-refractivity contribution in [2.45, 2.75) is 39.2 Å². The first-order valence-electron chi connectivity index (χ1n) is 11.5. The fourth-order valence-corrected chi connectivity index (χ4v) is 5.24. The van der Waals surface area contributed by atoms with E-state index in [0.29, 0.717) is 11.3 Å². The summed E-state index contributed by atoms with van der Waals surface area (Å²) in [5, 5.41) is 19.0. The van der Waals surface area contributed by atoms with Gasteiger partial charge in [-0.25, -0.2) is 4.39 Å². The van der Waals surface area contributed by atoms with Crippen LogP contribution in [0, 0.1) is 24.3 Å². The molecule has 0 aliphatic carbocycles. The molecule has 0 bridgehead atoms. The number of aliphatic hydroxyl groups is 1. The van der Waals surface area contributed by atoms with Gasteiger partial charge in [0.1, 0.15) is 5.82 Å². The van der Waals surface area contributed by atoms with Crippen LogP contribution in [0.15, 0.2) is 54.6 Å². The maximum Gasteiger partial charge on any atom is 0.305 e. The third-order valence-electron chi connectivity index (χ3n) is 5.70. The molecule has 1 heterocycles. The number of carboxylic acid groups (broad SMARTS) is 1. The molecule has 0 saturated carbocycles. The summed E-state index contributed by atoms with van der Waals surface area (Å²) >= 11 is 0. The fourth-order valence-electron chi connectivity index (χ4n) is 3.94. The second kappa shape index (κ2) is 11.6. The number of carboxylic acids is 1. The molecule has 2 aromatic carbocycles. The lowest BCUT2D eigenvalue weighted by Crippen LogP contribution is -2.17. The average Bonchev–Trinajstić information content (AvgIpc) is 2.83. The first-order valence-corrected chi connectivity index (χ1v) is 13.3. The van der Waals surface area contributed by atoms with Crippen molar-refractivity contribution in [3.63, 3.8) is 0 Å². The Bertz CT molecular complexity index is 1340. The Morgan fingerprint density at radius 3 is 2.31 bits per heavy atom. The quantitative estimate of drug-likeness (QED) is 0.283. The minimum absolute atomic E-state index is 0.0592. The molecule has 8 heteroatoms. The van der Waals surface area contributed by atoms with E-state index < -0.39 is 32.0 Å². The lowest BCUT2D eigenvalue weighted by atomic mass is 9.89. The number of aromatic nitrogens is 1. The first-order chi connectivity index (χ1) is 17.0. The third kappa shape index (κ3) is 6.47. The summed E-state index contributed by atoms with van der Waals surface area (Å²) in [7, 11) is -2.48. The predicted molar refractivity (Wildman–Crippen MR) is 139 cm³/mol. The number of rotatable bonds is 8. The topological polar surface area (TPSA) is 96.7 Å². The molecule has 0 fully saturated rings. The van der Waals surface area contributed by atoms with Crippen molar-refractivity contribution in [2.24, 2.45) is 0 Å². The van der Waals surface area contributed by atoms with Crippen molar-refractivity contribution < 1.29 is 28.5 Å². The van der Waals surface area contributed by atoms with E-state index in [2.05, 4.69) is 11.6 Å². The highest BCUT2D eigenvalue weighted by molar-refractivity contribution is 7.64. The van der Waals surface area contributed by atoms with E-state index in [1.165, 1.54) is 19.2 Å². The van der Waals surface area contributed by atoms with Crippen molar-refractivity contribution in [1.82, 2.24) is 4.98 Å².